The zero-order chi connectivity index (χ0) is 16.8. The summed E-state index contributed by atoms with van der Waals surface area (Å²) in [6, 6.07) is 6.09. The van der Waals surface area contributed by atoms with Crippen molar-refractivity contribution in [1.82, 2.24) is 9.55 Å². The van der Waals surface area contributed by atoms with Crippen molar-refractivity contribution in [3.8, 4) is 5.69 Å². The van der Waals surface area contributed by atoms with Crippen molar-refractivity contribution in [1.29, 1.82) is 0 Å². The van der Waals surface area contributed by atoms with E-state index in [1.165, 1.54) is 16.7 Å². The van der Waals surface area contributed by atoms with E-state index in [0.717, 1.165) is 6.42 Å². The highest BCUT2D eigenvalue weighted by Crippen LogP contribution is 2.18. The van der Waals surface area contributed by atoms with Crippen molar-refractivity contribution < 1.29 is 9.13 Å². The number of ether oxygens (including phenoxy) is 1. The number of benzene rings is 1. The Labute approximate surface area is 135 Å². The van der Waals surface area contributed by atoms with Crippen LogP contribution in [0, 0.1) is 19.7 Å². The standard InChI is InChI=1S/C17H22FN3O2/c1-4-8-23-9-7-19-16-6-5-14(11-15(16)18)21-13(3)20-12(2)10-17(21)22/h5-6,10-11,19H,4,7-9H2,1-3H3. The van der Waals surface area contributed by atoms with Crippen LogP contribution in [0.3, 0.4) is 0 Å². The predicted molar refractivity (Wildman–Crippen MR) is 88.9 cm³/mol. The largest absolute Gasteiger partial charge is 0.380 e. The first-order valence-electron chi connectivity index (χ1n) is 7.71. The molecule has 6 heteroatoms. The number of anilines is 1. The van der Waals surface area contributed by atoms with Gasteiger partial charge in [0.2, 0.25) is 0 Å². The number of hydrogen-bond donors (Lipinski definition) is 1. The third-order valence-corrected chi connectivity index (χ3v) is 3.34. The van der Waals surface area contributed by atoms with Crippen molar-refractivity contribution in [2.24, 2.45) is 0 Å². The Morgan fingerprint density at radius 3 is 2.70 bits per heavy atom. The molecule has 0 atom stereocenters. The molecule has 0 aliphatic carbocycles. The molecule has 0 fully saturated rings. The molecule has 0 saturated carbocycles. The molecule has 1 aromatic carbocycles. The second-order valence-corrected chi connectivity index (χ2v) is 5.32. The summed E-state index contributed by atoms with van der Waals surface area (Å²) in [6.07, 6.45) is 0.960. The Bertz CT molecular complexity index is 728. The lowest BCUT2D eigenvalue weighted by Crippen LogP contribution is -2.22. The number of rotatable bonds is 7. The number of nitrogens with one attached hydrogen (secondary N) is 1. The van der Waals surface area contributed by atoms with E-state index in [9.17, 15) is 9.18 Å². The minimum atomic E-state index is -0.412. The van der Waals surface area contributed by atoms with Crippen LogP contribution in [-0.4, -0.2) is 29.3 Å². The van der Waals surface area contributed by atoms with Gasteiger partial charge in [-0.25, -0.2) is 9.37 Å². The molecule has 0 saturated heterocycles. The van der Waals surface area contributed by atoms with Crippen LogP contribution in [0.2, 0.25) is 0 Å². The Morgan fingerprint density at radius 2 is 2.04 bits per heavy atom. The van der Waals surface area contributed by atoms with Gasteiger partial charge in [-0.2, -0.15) is 0 Å². The average Bonchev–Trinajstić information content (AvgIpc) is 2.48. The molecular weight excluding hydrogens is 297 g/mol. The van der Waals surface area contributed by atoms with Gasteiger partial charge < -0.3 is 10.1 Å². The van der Waals surface area contributed by atoms with E-state index in [0.29, 0.717) is 42.7 Å². The molecule has 124 valence electrons. The van der Waals surface area contributed by atoms with Gasteiger partial charge in [-0.1, -0.05) is 6.92 Å². The van der Waals surface area contributed by atoms with Gasteiger partial charge in [-0.3, -0.25) is 9.36 Å². The lowest BCUT2D eigenvalue weighted by molar-refractivity contribution is 0.144. The molecule has 2 rings (SSSR count). The third kappa shape index (κ3) is 4.39. The van der Waals surface area contributed by atoms with E-state index < -0.39 is 5.82 Å². The van der Waals surface area contributed by atoms with Crippen LogP contribution in [0.5, 0.6) is 0 Å². The molecule has 1 N–H and O–H groups in total. The van der Waals surface area contributed by atoms with Gasteiger partial charge in [-0.15, -0.1) is 0 Å². The highest BCUT2D eigenvalue weighted by Gasteiger charge is 2.09. The Hall–Kier alpha value is -2.21. The normalized spacial score (nSPS) is 10.8. The fourth-order valence-electron chi connectivity index (χ4n) is 2.35. The highest BCUT2D eigenvalue weighted by atomic mass is 19.1. The van der Waals surface area contributed by atoms with E-state index in [1.54, 1.807) is 26.0 Å². The quantitative estimate of drug-likeness (QED) is 0.797. The van der Waals surface area contributed by atoms with Gasteiger partial charge in [0, 0.05) is 31.0 Å². The minimum absolute atomic E-state index is 0.219. The van der Waals surface area contributed by atoms with Gasteiger partial charge in [0.25, 0.3) is 5.56 Å². The summed E-state index contributed by atoms with van der Waals surface area (Å²) in [4.78, 5) is 16.3. The molecule has 5 nitrogen and oxygen atoms in total. The predicted octanol–water partition coefficient (Wildman–Crippen LogP) is 2.83. The fraction of sp³-hybridized carbons (Fsp3) is 0.412. The zero-order valence-electron chi connectivity index (χ0n) is 13.7. The van der Waals surface area contributed by atoms with Crippen molar-refractivity contribution in [2.75, 3.05) is 25.1 Å². The summed E-state index contributed by atoms with van der Waals surface area (Å²) in [5.41, 5.74) is 1.28. The number of aromatic nitrogens is 2. The molecule has 0 spiro atoms. The Morgan fingerprint density at radius 1 is 1.26 bits per heavy atom. The van der Waals surface area contributed by atoms with Crippen LogP contribution in [-0.2, 0) is 4.74 Å². The number of nitrogens with zero attached hydrogens (tertiary/aromatic N) is 2. The van der Waals surface area contributed by atoms with Gasteiger partial charge in [0.1, 0.15) is 11.6 Å². The van der Waals surface area contributed by atoms with Crippen molar-refractivity contribution in [2.45, 2.75) is 27.2 Å². The molecule has 0 aliphatic heterocycles. The third-order valence-electron chi connectivity index (χ3n) is 3.34. The molecule has 0 bridgehead atoms. The molecule has 2 aromatic rings. The van der Waals surface area contributed by atoms with Gasteiger partial charge in [-0.05, 0) is 32.4 Å². The molecule has 0 radical (unpaired) electrons. The summed E-state index contributed by atoms with van der Waals surface area (Å²) >= 11 is 0. The molecule has 23 heavy (non-hydrogen) atoms. The van der Waals surface area contributed by atoms with E-state index in [2.05, 4.69) is 10.3 Å². The van der Waals surface area contributed by atoms with Crippen LogP contribution in [0.4, 0.5) is 10.1 Å². The summed E-state index contributed by atoms with van der Waals surface area (Å²) in [7, 11) is 0. The maximum atomic E-state index is 14.2. The second-order valence-electron chi connectivity index (χ2n) is 5.32. The van der Waals surface area contributed by atoms with Crippen LogP contribution >= 0.6 is 0 Å². The average molecular weight is 319 g/mol. The van der Waals surface area contributed by atoms with Crippen LogP contribution in [0.25, 0.3) is 5.69 Å². The lowest BCUT2D eigenvalue weighted by Gasteiger charge is -2.12. The maximum absolute atomic E-state index is 14.2. The Kier molecular flexibility index (Phi) is 5.87. The zero-order valence-corrected chi connectivity index (χ0v) is 13.7. The molecule has 0 aliphatic rings. The summed E-state index contributed by atoms with van der Waals surface area (Å²) in [5.74, 6) is 0.118. The first-order chi connectivity index (χ1) is 11.0. The first kappa shape index (κ1) is 17.1. The van der Waals surface area contributed by atoms with Crippen molar-refractivity contribution >= 4 is 5.69 Å². The fourth-order valence-corrected chi connectivity index (χ4v) is 2.35. The van der Waals surface area contributed by atoms with Crippen molar-refractivity contribution in [3.63, 3.8) is 0 Å². The lowest BCUT2D eigenvalue weighted by atomic mass is 10.2. The number of halogens is 1. The number of hydrogen-bond acceptors (Lipinski definition) is 4. The van der Waals surface area contributed by atoms with Gasteiger partial charge in [0.15, 0.2) is 0 Å². The van der Waals surface area contributed by atoms with E-state index >= 15 is 0 Å². The SMILES string of the molecule is CCCOCCNc1ccc(-n2c(C)nc(C)cc2=O)cc1F. The van der Waals surface area contributed by atoms with E-state index in [-0.39, 0.29) is 5.56 Å². The van der Waals surface area contributed by atoms with E-state index in [1.807, 2.05) is 6.92 Å². The van der Waals surface area contributed by atoms with Crippen LogP contribution in [0.1, 0.15) is 24.9 Å². The summed E-state index contributed by atoms with van der Waals surface area (Å²) < 4.78 is 20.9. The minimum Gasteiger partial charge on any atom is -0.380 e. The van der Waals surface area contributed by atoms with Crippen LogP contribution in [0.15, 0.2) is 29.1 Å². The van der Waals surface area contributed by atoms with Gasteiger partial charge in [0.05, 0.1) is 18.0 Å². The van der Waals surface area contributed by atoms with Gasteiger partial charge >= 0.3 is 0 Å². The monoisotopic (exact) mass is 319 g/mol. The molecule has 0 amide bonds. The smallest absolute Gasteiger partial charge is 0.258 e. The first-order valence-corrected chi connectivity index (χ1v) is 7.71. The summed E-state index contributed by atoms with van der Waals surface area (Å²) in [5, 5.41) is 2.99. The number of aryl methyl sites for hydroxylation is 2. The molecule has 1 heterocycles. The molecule has 1 aromatic heterocycles. The topological polar surface area (TPSA) is 56.1 Å². The Balaban J connectivity index is 2.15. The van der Waals surface area contributed by atoms with Crippen LogP contribution < -0.4 is 10.9 Å². The molecular formula is C17H22FN3O2. The van der Waals surface area contributed by atoms with E-state index in [4.69, 9.17) is 4.74 Å². The molecule has 0 unspecified atom stereocenters. The maximum Gasteiger partial charge on any atom is 0.258 e. The van der Waals surface area contributed by atoms with Crippen molar-refractivity contribution in [3.05, 3.63) is 52.0 Å². The summed E-state index contributed by atoms with van der Waals surface area (Å²) in [6.45, 7) is 7.27. The second kappa shape index (κ2) is 7.87. The highest BCUT2D eigenvalue weighted by molar-refractivity contribution is 5.50.